The van der Waals surface area contributed by atoms with Gasteiger partial charge in [0.2, 0.25) is 5.91 Å². The molecule has 0 radical (unpaired) electrons. The highest BCUT2D eigenvalue weighted by Gasteiger charge is 2.05. The maximum atomic E-state index is 11.9. The topological polar surface area (TPSA) is 66.9 Å². The van der Waals surface area contributed by atoms with E-state index in [1.54, 1.807) is 12.4 Å². The molecule has 1 amide bonds. The van der Waals surface area contributed by atoms with Crippen LogP contribution >= 0.6 is 0 Å². The molecular weight excluding hydrogens is 288 g/mol. The number of rotatable bonds is 7. The van der Waals surface area contributed by atoms with Crippen molar-refractivity contribution in [1.82, 2.24) is 15.3 Å². The first-order valence-electron chi connectivity index (χ1n) is 7.96. The molecule has 23 heavy (non-hydrogen) atoms. The average Bonchev–Trinajstić information content (AvgIpc) is 2.56. The molecule has 5 nitrogen and oxygen atoms in total. The van der Waals surface area contributed by atoms with Crippen molar-refractivity contribution in [2.75, 3.05) is 11.9 Å². The van der Waals surface area contributed by atoms with Gasteiger partial charge < -0.3 is 10.6 Å². The maximum Gasteiger partial charge on any atom is 0.238 e. The van der Waals surface area contributed by atoms with Crippen molar-refractivity contribution in [2.24, 2.45) is 0 Å². The van der Waals surface area contributed by atoms with E-state index in [1.807, 2.05) is 19.1 Å². The fourth-order valence-electron chi connectivity index (χ4n) is 2.15. The third-order valence-electron chi connectivity index (χ3n) is 3.80. The number of nitrogens with one attached hydrogen (secondary N) is 2. The Labute approximate surface area is 137 Å². The van der Waals surface area contributed by atoms with Crippen molar-refractivity contribution in [1.29, 1.82) is 0 Å². The van der Waals surface area contributed by atoms with Gasteiger partial charge in [-0.05, 0) is 37.0 Å². The predicted molar refractivity (Wildman–Crippen MR) is 92.3 cm³/mol. The van der Waals surface area contributed by atoms with Gasteiger partial charge in [0.25, 0.3) is 0 Å². The molecule has 1 aromatic carbocycles. The molecule has 0 saturated heterocycles. The molecule has 0 aliphatic carbocycles. The van der Waals surface area contributed by atoms with E-state index < -0.39 is 0 Å². The summed E-state index contributed by atoms with van der Waals surface area (Å²) in [6.07, 6.45) is 4.54. The third-order valence-corrected chi connectivity index (χ3v) is 3.80. The van der Waals surface area contributed by atoms with Gasteiger partial charge in [0, 0.05) is 24.6 Å². The fourth-order valence-corrected chi connectivity index (χ4v) is 2.15. The predicted octanol–water partition coefficient (Wildman–Crippen LogP) is 3.03. The van der Waals surface area contributed by atoms with E-state index in [1.165, 1.54) is 5.56 Å². The van der Waals surface area contributed by atoms with Crippen LogP contribution in [0, 0.1) is 6.92 Å². The van der Waals surface area contributed by atoms with Gasteiger partial charge in [-0.15, -0.1) is 0 Å². The minimum Gasteiger partial charge on any atom is -0.325 e. The van der Waals surface area contributed by atoms with Crippen molar-refractivity contribution in [2.45, 2.75) is 39.7 Å². The molecule has 5 heteroatoms. The highest BCUT2D eigenvalue weighted by molar-refractivity contribution is 5.92. The van der Waals surface area contributed by atoms with E-state index in [4.69, 9.17) is 0 Å². The van der Waals surface area contributed by atoms with Crippen LogP contribution in [0.3, 0.4) is 0 Å². The van der Waals surface area contributed by atoms with Crippen LogP contribution in [0.5, 0.6) is 0 Å². The first-order valence-corrected chi connectivity index (χ1v) is 7.96. The van der Waals surface area contributed by atoms with Crippen LogP contribution in [0.4, 0.5) is 5.69 Å². The third kappa shape index (κ3) is 5.45. The van der Waals surface area contributed by atoms with Crippen LogP contribution in [-0.4, -0.2) is 22.4 Å². The Balaban J connectivity index is 1.77. The van der Waals surface area contributed by atoms with Crippen LogP contribution in [0.1, 0.15) is 43.1 Å². The Morgan fingerprint density at radius 3 is 2.52 bits per heavy atom. The molecule has 2 N–H and O–H groups in total. The lowest BCUT2D eigenvalue weighted by molar-refractivity contribution is -0.115. The van der Waals surface area contributed by atoms with Gasteiger partial charge >= 0.3 is 0 Å². The Hall–Kier alpha value is -2.27. The number of nitrogens with zero attached hydrogens (tertiary/aromatic N) is 2. The molecule has 0 aliphatic heterocycles. The van der Waals surface area contributed by atoms with Crippen molar-refractivity contribution in [3.8, 4) is 0 Å². The molecule has 1 aromatic heterocycles. The minimum absolute atomic E-state index is 0.0682. The molecule has 2 rings (SSSR count). The first-order chi connectivity index (χ1) is 11.1. The van der Waals surface area contributed by atoms with Crippen molar-refractivity contribution >= 4 is 11.6 Å². The summed E-state index contributed by atoms with van der Waals surface area (Å²) < 4.78 is 0. The molecule has 122 valence electrons. The van der Waals surface area contributed by atoms with Crippen LogP contribution in [0.25, 0.3) is 0 Å². The SMILES string of the molecule is CC[C@@H](C)c1ccc(NC(=O)CNCc2cnc(C)cn2)cc1. The summed E-state index contributed by atoms with van der Waals surface area (Å²) in [6, 6.07) is 8.04. The zero-order valence-electron chi connectivity index (χ0n) is 14.0. The number of aryl methyl sites for hydroxylation is 1. The summed E-state index contributed by atoms with van der Waals surface area (Å²) in [5, 5.41) is 5.95. The van der Waals surface area contributed by atoms with Gasteiger partial charge in [-0.2, -0.15) is 0 Å². The Morgan fingerprint density at radius 2 is 1.91 bits per heavy atom. The van der Waals surface area contributed by atoms with Gasteiger partial charge in [-0.1, -0.05) is 26.0 Å². The number of aromatic nitrogens is 2. The van der Waals surface area contributed by atoms with Crippen molar-refractivity contribution < 1.29 is 4.79 Å². The average molecular weight is 312 g/mol. The highest BCUT2D eigenvalue weighted by Crippen LogP contribution is 2.20. The lowest BCUT2D eigenvalue weighted by Gasteiger charge is -2.11. The number of carbonyl (C=O) groups excluding carboxylic acids is 1. The van der Waals surface area contributed by atoms with Gasteiger partial charge in [-0.25, -0.2) is 0 Å². The molecule has 0 spiro atoms. The van der Waals surface area contributed by atoms with E-state index in [9.17, 15) is 4.79 Å². The molecular formula is C18H24N4O. The summed E-state index contributed by atoms with van der Waals surface area (Å²) in [5.74, 6) is 0.471. The second kappa shape index (κ2) is 8.39. The minimum atomic E-state index is -0.0682. The summed E-state index contributed by atoms with van der Waals surface area (Å²) in [7, 11) is 0. The van der Waals surface area contributed by atoms with E-state index in [2.05, 4.69) is 46.6 Å². The van der Waals surface area contributed by atoms with Gasteiger partial charge in [0.05, 0.1) is 17.9 Å². The van der Waals surface area contributed by atoms with Crippen molar-refractivity contribution in [3.63, 3.8) is 0 Å². The molecule has 2 aromatic rings. The van der Waals surface area contributed by atoms with E-state index in [0.717, 1.165) is 23.5 Å². The summed E-state index contributed by atoms with van der Waals surface area (Å²) in [4.78, 5) is 20.3. The second-order valence-electron chi connectivity index (χ2n) is 5.73. The molecule has 0 unspecified atom stereocenters. The molecule has 0 fully saturated rings. The standard InChI is InChI=1S/C18H24N4O/c1-4-13(2)15-5-7-16(8-6-15)22-18(23)12-19-10-17-11-20-14(3)9-21-17/h5-9,11,13,19H,4,10,12H2,1-3H3,(H,22,23)/t13-/m1/s1. The second-order valence-corrected chi connectivity index (χ2v) is 5.73. The van der Waals surface area contributed by atoms with Gasteiger partial charge in [-0.3, -0.25) is 14.8 Å². The first kappa shape index (κ1) is 17.1. The normalized spacial score (nSPS) is 12.0. The zero-order chi connectivity index (χ0) is 16.7. The monoisotopic (exact) mass is 312 g/mol. The van der Waals surface area contributed by atoms with Crippen LogP contribution in [-0.2, 0) is 11.3 Å². The van der Waals surface area contributed by atoms with Crippen LogP contribution in [0.2, 0.25) is 0 Å². The number of carbonyl (C=O) groups is 1. The number of benzene rings is 1. The Morgan fingerprint density at radius 1 is 1.17 bits per heavy atom. The number of hydrogen-bond donors (Lipinski definition) is 2. The van der Waals surface area contributed by atoms with Crippen LogP contribution in [0.15, 0.2) is 36.7 Å². The lowest BCUT2D eigenvalue weighted by atomic mass is 9.99. The summed E-state index contributed by atoms with van der Waals surface area (Å²) in [5.41, 5.74) is 3.81. The highest BCUT2D eigenvalue weighted by atomic mass is 16.1. The van der Waals surface area contributed by atoms with Crippen molar-refractivity contribution in [3.05, 3.63) is 53.6 Å². The smallest absolute Gasteiger partial charge is 0.238 e. The fraction of sp³-hybridized carbons (Fsp3) is 0.389. The number of anilines is 1. The lowest BCUT2D eigenvalue weighted by Crippen LogP contribution is -2.28. The zero-order valence-corrected chi connectivity index (χ0v) is 14.0. The maximum absolute atomic E-state index is 11.9. The number of hydrogen-bond acceptors (Lipinski definition) is 4. The summed E-state index contributed by atoms with van der Waals surface area (Å²) in [6.45, 7) is 7.02. The molecule has 0 bridgehead atoms. The van der Waals surface area contributed by atoms with Crippen LogP contribution < -0.4 is 10.6 Å². The quantitative estimate of drug-likeness (QED) is 0.824. The van der Waals surface area contributed by atoms with Gasteiger partial charge in [0.15, 0.2) is 0 Å². The summed E-state index contributed by atoms with van der Waals surface area (Å²) >= 11 is 0. The Bertz CT molecular complexity index is 622. The van der Waals surface area contributed by atoms with Gasteiger partial charge in [0.1, 0.15) is 0 Å². The largest absolute Gasteiger partial charge is 0.325 e. The Kier molecular flexibility index (Phi) is 6.23. The van der Waals surface area contributed by atoms with E-state index in [0.29, 0.717) is 12.5 Å². The van der Waals surface area contributed by atoms with E-state index in [-0.39, 0.29) is 12.5 Å². The molecule has 1 heterocycles. The van der Waals surface area contributed by atoms with E-state index >= 15 is 0 Å². The molecule has 0 aliphatic rings. The molecule has 1 atom stereocenters. The molecule has 0 saturated carbocycles. The number of amides is 1.